The van der Waals surface area contributed by atoms with E-state index < -0.39 is 0 Å². The predicted octanol–water partition coefficient (Wildman–Crippen LogP) is 6.38. The van der Waals surface area contributed by atoms with Gasteiger partial charge in [-0.2, -0.15) is 5.10 Å². The number of amides is 1. The van der Waals surface area contributed by atoms with Crippen LogP contribution in [0.3, 0.4) is 0 Å². The number of halogens is 1. The van der Waals surface area contributed by atoms with E-state index in [0.717, 1.165) is 33.0 Å². The maximum Gasteiger partial charge on any atom is 0.256 e. The Morgan fingerprint density at radius 3 is 2.68 bits per heavy atom. The van der Waals surface area contributed by atoms with E-state index in [1.807, 2.05) is 60.9 Å². The number of hydrogen-bond acceptors (Lipinski definition) is 4. The van der Waals surface area contributed by atoms with Crippen molar-refractivity contribution in [3.8, 4) is 28.1 Å². The molecule has 1 amide bonds. The Morgan fingerprint density at radius 1 is 1.06 bits per heavy atom. The van der Waals surface area contributed by atoms with Crippen molar-refractivity contribution in [3.63, 3.8) is 0 Å². The topological polar surface area (TPSA) is 67.0 Å². The van der Waals surface area contributed by atoms with Gasteiger partial charge in [0.1, 0.15) is 5.75 Å². The summed E-state index contributed by atoms with van der Waals surface area (Å²) in [7, 11) is 1.63. The molecule has 1 heterocycles. The van der Waals surface area contributed by atoms with Crippen LogP contribution in [0, 0.1) is 0 Å². The van der Waals surface area contributed by atoms with E-state index in [1.54, 1.807) is 37.2 Å². The van der Waals surface area contributed by atoms with E-state index in [9.17, 15) is 4.79 Å². The number of benzene rings is 3. The zero-order chi connectivity index (χ0) is 21.8. The van der Waals surface area contributed by atoms with E-state index in [1.165, 1.54) is 0 Å². The van der Waals surface area contributed by atoms with Gasteiger partial charge in [-0.25, -0.2) is 0 Å². The number of nitrogens with one attached hydrogen (secondary N) is 2. The van der Waals surface area contributed by atoms with Crippen LogP contribution in [0.5, 0.6) is 5.75 Å². The zero-order valence-electron chi connectivity index (χ0n) is 17.0. The van der Waals surface area contributed by atoms with Crippen molar-refractivity contribution in [3.05, 3.63) is 83.5 Å². The molecular formula is C24H20ClN3O2S. The first-order valence-electron chi connectivity index (χ1n) is 9.52. The Bertz CT molecular complexity index is 1230. The van der Waals surface area contributed by atoms with Crippen LogP contribution in [-0.4, -0.2) is 29.5 Å². The Labute approximate surface area is 189 Å². The van der Waals surface area contributed by atoms with Crippen LogP contribution in [-0.2, 0) is 0 Å². The highest BCUT2D eigenvalue weighted by molar-refractivity contribution is 7.98. The number of aromatic amines is 1. The lowest BCUT2D eigenvalue weighted by molar-refractivity contribution is 0.102. The summed E-state index contributed by atoms with van der Waals surface area (Å²) in [5.41, 5.74) is 4.51. The highest BCUT2D eigenvalue weighted by Gasteiger charge is 2.16. The average Bonchev–Trinajstić information content (AvgIpc) is 3.34. The standard InChI is InChI=1S/C24H20ClN3O2S/c1-30-17-5-3-4-15(12-17)20-14-18(31-2)7-8-19(20)24(29)27-16-6-9-22(25)21(13-16)23-10-11-26-28-23/h3-14H,1-2H3,(H,26,28)(H,27,29). The number of hydrogen-bond donors (Lipinski definition) is 2. The maximum absolute atomic E-state index is 13.2. The third kappa shape index (κ3) is 4.60. The van der Waals surface area contributed by atoms with E-state index in [2.05, 4.69) is 15.5 Å². The van der Waals surface area contributed by atoms with Gasteiger partial charge >= 0.3 is 0 Å². The van der Waals surface area contributed by atoms with Crippen molar-refractivity contribution in [1.29, 1.82) is 0 Å². The van der Waals surface area contributed by atoms with Crippen molar-refractivity contribution >= 4 is 35.0 Å². The van der Waals surface area contributed by atoms with E-state index in [-0.39, 0.29) is 5.91 Å². The smallest absolute Gasteiger partial charge is 0.256 e. The molecule has 0 aliphatic rings. The monoisotopic (exact) mass is 449 g/mol. The van der Waals surface area contributed by atoms with Gasteiger partial charge in [0.2, 0.25) is 0 Å². The average molecular weight is 450 g/mol. The van der Waals surface area contributed by atoms with Gasteiger partial charge in [0.15, 0.2) is 0 Å². The van der Waals surface area contributed by atoms with E-state index >= 15 is 0 Å². The molecule has 0 spiro atoms. The number of thioether (sulfide) groups is 1. The van der Waals surface area contributed by atoms with Gasteiger partial charge in [-0.1, -0.05) is 23.7 Å². The molecule has 0 aliphatic carbocycles. The summed E-state index contributed by atoms with van der Waals surface area (Å²) in [5, 5.41) is 10.4. The fourth-order valence-electron chi connectivity index (χ4n) is 3.29. The molecule has 0 radical (unpaired) electrons. The molecule has 0 fully saturated rings. The number of ether oxygens (including phenoxy) is 1. The van der Waals surface area contributed by atoms with Gasteiger partial charge in [0.25, 0.3) is 5.91 Å². The molecule has 0 aliphatic heterocycles. The Balaban J connectivity index is 1.70. The third-order valence-electron chi connectivity index (χ3n) is 4.87. The van der Waals surface area contributed by atoms with Crippen LogP contribution in [0.25, 0.3) is 22.4 Å². The van der Waals surface area contributed by atoms with E-state index in [0.29, 0.717) is 16.3 Å². The van der Waals surface area contributed by atoms with Crippen LogP contribution in [0.2, 0.25) is 5.02 Å². The number of methoxy groups -OCH3 is 1. The van der Waals surface area contributed by atoms with Crippen LogP contribution in [0.4, 0.5) is 5.69 Å². The number of carbonyl (C=O) groups excluding carboxylic acids is 1. The lowest BCUT2D eigenvalue weighted by Gasteiger charge is -2.14. The number of carbonyl (C=O) groups is 1. The Hall–Kier alpha value is -3.22. The first-order valence-corrected chi connectivity index (χ1v) is 11.1. The normalized spacial score (nSPS) is 10.7. The van der Waals surface area contributed by atoms with Gasteiger partial charge in [-0.3, -0.25) is 9.89 Å². The summed E-state index contributed by atoms with van der Waals surface area (Å²) in [4.78, 5) is 14.3. The molecule has 0 atom stereocenters. The zero-order valence-corrected chi connectivity index (χ0v) is 18.6. The van der Waals surface area contributed by atoms with Crippen LogP contribution >= 0.6 is 23.4 Å². The van der Waals surface area contributed by atoms with Gasteiger partial charge in [-0.15, -0.1) is 11.8 Å². The first kappa shape index (κ1) is 21.0. The molecule has 0 saturated heterocycles. The van der Waals surface area contributed by atoms with E-state index in [4.69, 9.17) is 16.3 Å². The van der Waals surface area contributed by atoms with Crippen molar-refractivity contribution in [2.45, 2.75) is 4.90 Å². The van der Waals surface area contributed by atoms with Crippen molar-refractivity contribution in [2.24, 2.45) is 0 Å². The van der Waals surface area contributed by atoms with Crippen molar-refractivity contribution in [2.75, 3.05) is 18.7 Å². The quantitative estimate of drug-likeness (QED) is 0.335. The van der Waals surface area contributed by atoms with Crippen molar-refractivity contribution in [1.82, 2.24) is 10.2 Å². The third-order valence-corrected chi connectivity index (χ3v) is 5.92. The predicted molar refractivity (Wildman–Crippen MR) is 127 cm³/mol. The highest BCUT2D eigenvalue weighted by Crippen LogP contribution is 2.32. The number of anilines is 1. The summed E-state index contributed by atoms with van der Waals surface area (Å²) in [6.07, 6.45) is 3.67. The molecule has 0 bridgehead atoms. The van der Waals surface area contributed by atoms with Crippen molar-refractivity contribution < 1.29 is 9.53 Å². The molecule has 31 heavy (non-hydrogen) atoms. The van der Waals surface area contributed by atoms with Crippen LogP contribution in [0.1, 0.15) is 10.4 Å². The molecule has 2 N–H and O–H groups in total. The summed E-state index contributed by atoms with van der Waals surface area (Å²) in [5.74, 6) is 0.531. The van der Waals surface area contributed by atoms with Gasteiger partial charge in [0.05, 0.1) is 17.8 Å². The lowest BCUT2D eigenvalue weighted by atomic mass is 9.98. The molecule has 4 aromatic rings. The van der Waals surface area contributed by atoms with Gasteiger partial charge < -0.3 is 10.1 Å². The minimum absolute atomic E-state index is 0.205. The summed E-state index contributed by atoms with van der Waals surface area (Å²) in [6, 6.07) is 20.7. The minimum Gasteiger partial charge on any atom is -0.497 e. The molecule has 0 saturated carbocycles. The van der Waals surface area contributed by atoms with Gasteiger partial charge in [0, 0.05) is 27.9 Å². The second-order valence-corrected chi connectivity index (χ2v) is 8.05. The molecule has 5 nitrogen and oxygen atoms in total. The highest BCUT2D eigenvalue weighted by atomic mass is 35.5. The SMILES string of the molecule is COc1cccc(-c2cc(SC)ccc2C(=O)Nc2ccc(Cl)c(-c3ccn[nH]3)c2)c1. The molecule has 0 unspecified atom stereocenters. The molecule has 4 rings (SSSR count). The number of H-pyrrole nitrogens is 1. The Kier molecular flexibility index (Phi) is 6.30. The Morgan fingerprint density at radius 2 is 1.94 bits per heavy atom. The number of nitrogens with zero attached hydrogens (tertiary/aromatic N) is 1. The van der Waals surface area contributed by atoms with Crippen LogP contribution in [0.15, 0.2) is 77.8 Å². The first-order chi connectivity index (χ1) is 15.1. The molecular weight excluding hydrogens is 430 g/mol. The summed E-state index contributed by atoms with van der Waals surface area (Å²) >= 11 is 7.96. The van der Waals surface area contributed by atoms with Gasteiger partial charge in [-0.05, 0) is 72.0 Å². The minimum atomic E-state index is -0.205. The maximum atomic E-state index is 13.2. The molecule has 3 aromatic carbocycles. The second kappa shape index (κ2) is 9.29. The lowest BCUT2D eigenvalue weighted by Crippen LogP contribution is -2.13. The fraction of sp³-hybridized carbons (Fsp3) is 0.0833. The number of aromatic nitrogens is 2. The molecule has 156 valence electrons. The largest absolute Gasteiger partial charge is 0.497 e. The molecule has 1 aromatic heterocycles. The summed E-state index contributed by atoms with van der Waals surface area (Å²) < 4.78 is 5.36. The summed E-state index contributed by atoms with van der Waals surface area (Å²) in [6.45, 7) is 0. The fourth-order valence-corrected chi connectivity index (χ4v) is 3.95. The molecule has 7 heteroatoms. The van der Waals surface area contributed by atoms with Crippen LogP contribution < -0.4 is 10.1 Å². The number of rotatable bonds is 6. The second-order valence-electron chi connectivity index (χ2n) is 6.76.